The predicted molar refractivity (Wildman–Crippen MR) is 77.7 cm³/mol. The second-order valence-corrected chi connectivity index (χ2v) is 4.80. The Kier molecular flexibility index (Phi) is 4.35. The summed E-state index contributed by atoms with van der Waals surface area (Å²) in [6, 6.07) is 10.7. The van der Waals surface area contributed by atoms with Crippen LogP contribution in [0.2, 0.25) is 0 Å². The van der Waals surface area contributed by atoms with Gasteiger partial charge in [-0.3, -0.25) is 9.78 Å². The maximum Gasteiger partial charge on any atom is 0.253 e. The molecule has 0 unspecified atom stereocenters. The van der Waals surface area contributed by atoms with Crippen molar-refractivity contribution in [3.63, 3.8) is 0 Å². The smallest absolute Gasteiger partial charge is 0.253 e. The molecule has 0 fully saturated rings. The molecule has 1 aromatic carbocycles. The van der Waals surface area contributed by atoms with Gasteiger partial charge in [0.2, 0.25) is 0 Å². The normalized spacial score (nSPS) is 10.3. The summed E-state index contributed by atoms with van der Waals surface area (Å²) in [5.74, 6) is 0.0465. The summed E-state index contributed by atoms with van der Waals surface area (Å²) in [6.07, 6.45) is 2.45. The van der Waals surface area contributed by atoms with Gasteiger partial charge in [-0.15, -0.1) is 0 Å². The van der Waals surface area contributed by atoms with Gasteiger partial charge in [0.25, 0.3) is 5.91 Å². The van der Waals surface area contributed by atoms with Crippen LogP contribution in [0.25, 0.3) is 0 Å². The number of carbonyl (C=O) groups excluding carboxylic acids is 1. The molecule has 2 rings (SSSR count). The lowest BCUT2D eigenvalue weighted by Gasteiger charge is -2.17. The summed E-state index contributed by atoms with van der Waals surface area (Å²) in [4.78, 5) is 18.1. The highest BCUT2D eigenvalue weighted by Gasteiger charge is 2.12. The van der Waals surface area contributed by atoms with E-state index in [4.69, 9.17) is 0 Å². The fourth-order valence-electron chi connectivity index (χ4n) is 1.89. The number of pyridine rings is 1. The zero-order valence-electron chi connectivity index (χ0n) is 11.7. The molecule has 0 aliphatic heterocycles. The van der Waals surface area contributed by atoms with E-state index < -0.39 is 0 Å². The molecule has 2 aromatic rings. The predicted octanol–water partition coefficient (Wildman–Crippen LogP) is 2.41. The van der Waals surface area contributed by atoms with E-state index in [1.54, 1.807) is 37.2 Å². The van der Waals surface area contributed by atoms with E-state index >= 15 is 0 Å². The first kappa shape index (κ1) is 14.1. The third-order valence-electron chi connectivity index (χ3n) is 3.23. The first-order valence-corrected chi connectivity index (χ1v) is 6.53. The first-order valence-electron chi connectivity index (χ1n) is 6.53. The summed E-state index contributed by atoms with van der Waals surface area (Å²) < 4.78 is 0. The number of aromatic nitrogens is 1. The molecular weight excluding hydrogens is 252 g/mol. The third-order valence-corrected chi connectivity index (χ3v) is 3.23. The second kappa shape index (κ2) is 6.19. The monoisotopic (exact) mass is 270 g/mol. The number of amides is 1. The molecule has 4 nitrogen and oxygen atoms in total. The molecule has 0 spiro atoms. The molecule has 1 aromatic heterocycles. The zero-order chi connectivity index (χ0) is 14.5. The molecular formula is C16H18N2O2. The molecule has 4 heteroatoms. The van der Waals surface area contributed by atoms with Gasteiger partial charge in [0.15, 0.2) is 0 Å². The van der Waals surface area contributed by atoms with Crippen molar-refractivity contribution in [3.05, 3.63) is 59.4 Å². The number of aryl methyl sites for hydroxylation is 1. The van der Waals surface area contributed by atoms with E-state index in [1.165, 1.54) is 6.07 Å². The summed E-state index contributed by atoms with van der Waals surface area (Å²) in [5.41, 5.74) is 2.22. The van der Waals surface area contributed by atoms with Gasteiger partial charge in [0, 0.05) is 37.5 Å². The maximum atomic E-state index is 12.2. The number of phenolic OH excluding ortho intramolecular Hbond substituents is 1. The van der Waals surface area contributed by atoms with Crippen LogP contribution in [0.5, 0.6) is 5.75 Å². The number of rotatable bonds is 4. The van der Waals surface area contributed by atoms with Gasteiger partial charge >= 0.3 is 0 Å². The highest BCUT2D eigenvalue weighted by Crippen LogP contribution is 2.18. The lowest BCUT2D eigenvalue weighted by Crippen LogP contribution is -2.29. The van der Waals surface area contributed by atoms with Crippen molar-refractivity contribution in [2.24, 2.45) is 0 Å². The van der Waals surface area contributed by atoms with Crippen molar-refractivity contribution in [2.45, 2.75) is 13.3 Å². The SMILES string of the molecule is Cc1ccc(C(=O)N(C)CCc2ccccn2)cc1O. The van der Waals surface area contributed by atoms with Crippen LogP contribution in [0.15, 0.2) is 42.6 Å². The van der Waals surface area contributed by atoms with Gasteiger partial charge in [-0.1, -0.05) is 12.1 Å². The minimum Gasteiger partial charge on any atom is -0.508 e. The maximum absolute atomic E-state index is 12.2. The van der Waals surface area contributed by atoms with E-state index in [9.17, 15) is 9.90 Å². The number of phenols is 1. The molecule has 0 atom stereocenters. The van der Waals surface area contributed by atoms with Crippen molar-refractivity contribution in [3.8, 4) is 5.75 Å². The molecule has 0 aliphatic carbocycles. The summed E-state index contributed by atoms with van der Waals surface area (Å²) >= 11 is 0. The minimum atomic E-state index is -0.101. The van der Waals surface area contributed by atoms with Crippen LogP contribution in [0.1, 0.15) is 21.6 Å². The van der Waals surface area contributed by atoms with Gasteiger partial charge in [0.05, 0.1) is 0 Å². The lowest BCUT2D eigenvalue weighted by atomic mass is 10.1. The van der Waals surface area contributed by atoms with Crippen LogP contribution < -0.4 is 0 Å². The standard InChI is InChI=1S/C16H18N2O2/c1-12-6-7-13(11-15(12)19)16(20)18(2)10-8-14-5-3-4-9-17-14/h3-7,9,11,19H,8,10H2,1-2H3. The Labute approximate surface area is 118 Å². The van der Waals surface area contributed by atoms with Crippen LogP contribution in [-0.4, -0.2) is 34.5 Å². The molecule has 0 saturated heterocycles. The van der Waals surface area contributed by atoms with Gasteiger partial charge in [0.1, 0.15) is 5.75 Å². The van der Waals surface area contributed by atoms with Crippen molar-refractivity contribution >= 4 is 5.91 Å². The molecule has 0 radical (unpaired) electrons. The fraction of sp³-hybridized carbons (Fsp3) is 0.250. The molecule has 1 N–H and O–H groups in total. The molecule has 0 bridgehead atoms. The Balaban J connectivity index is 1.99. The Morgan fingerprint density at radius 2 is 2.10 bits per heavy atom. The number of benzene rings is 1. The van der Waals surface area contributed by atoms with Crippen LogP contribution in [0.3, 0.4) is 0 Å². The average Bonchev–Trinajstić information content (AvgIpc) is 2.48. The molecule has 104 valence electrons. The lowest BCUT2D eigenvalue weighted by molar-refractivity contribution is 0.0796. The molecule has 1 amide bonds. The Bertz CT molecular complexity index is 597. The number of nitrogens with zero attached hydrogens (tertiary/aromatic N) is 2. The molecule has 0 aliphatic rings. The fourth-order valence-corrected chi connectivity index (χ4v) is 1.89. The highest BCUT2D eigenvalue weighted by atomic mass is 16.3. The van der Waals surface area contributed by atoms with Gasteiger partial charge in [-0.2, -0.15) is 0 Å². The van der Waals surface area contributed by atoms with E-state index in [-0.39, 0.29) is 11.7 Å². The Morgan fingerprint density at radius 1 is 1.30 bits per heavy atom. The van der Waals surface area contributed by atoms with Crippen LogP contribution in [-0.2, 0) is 6.42 Å². The largest absolute Gasteiger partial charge is 0.508 e. The van der Waals surface area contributed by atoms with E-state index in [2.05, 4.69) is 4.98 Å². The third kappa shape index (κ3) is 3.35. The molecule has 0 saturated carbocycles. The van der Waals surface area contributed by atoms with Crippen LogP contribution in [0, 0.1) is 6.92 Å². The van der Waals surface area contributed by atoms with Crippen molar-refractivity contribution in [1.29, 1.82) is 0 Å². The van der Waals surface area contributed by atoms with Crippen molar-refractivity contribution in [2.75, 3.05) is 13.6 Å². The van der Waals surface area contributed by atoms with E-state index in [1.807, 2.05) is 18.2 Å². The molecule has 1 heterocycles. The van der Waals surface area contributed by atoms with Gasteiger partial charge in [-0.25, -0.2) is 0 Å². The Hall–Kier alpha value is -2.36. The second-order valence-electron chi connectivity index (χ2n) is 4.80. The van der Waals surface area contributed by atoms with E-state index in [0.29, 0.717) is 18.5 Å². The molecule has 20 heavy (non-hydrogen) atoms. The van der Waals surface area contributed by atoms with E-state index in [0.717, 1.165) is 11.3 Å². The minimum absolute atomic E-state index is 0.101. The van der Waals surface area contributed by atoms with Gasteiger partial charge in [-0.05, 0) is 36.8 Å². The number of likely N-dealkylation sites (N-methyl/N-ethyl adjacent to an activating group) is 1. The quantitative estimate of drug-likeness (QED) is 0.928. The Morgan fingerprint density at radius 3 is 2.75 bits per heavy atom. The topological polar surface area (TPSA) is 53.4 Å². The summed E-state index contributed by atoms with van der Waals surface area (Å²) in [6.45, 7) is 2.39. The highest BCUT2D eigenvalue weighted by molar-refractivity contribution is 5.94. The zero-order valence-corrected chi connectivity index (χ0v) is 11.7. The summed E-state index contributed by atoms with van der Waals surface area (Å²) in [7, 11) is 1.75. The van der Waals surface area contributed by atoms with Crippen LogP contribution in [0.4, 0.5) is 0 Å². The average molecular weight is 270 g/mol. The van der Waals surface area contributed by atoms with Gasteiger partial charge < -0.3 is 10.0 Å². The number of carbonyl (C=O) groups is 1. The van der Waals surface area contributed by atoms with Crippen molar-refractivity contribution in [1.82, 2.24) is 9.88 Å². The number of hydrogen-bond donors (Lipinski definition) is 1. The summed E-state index contributed by atoms with van der Waals surface area (Å²) in [5, 5.41) is 9.66. The first-order chi connectivity index (χ1) is 9.58. The van der Waals surface area contributed by atoms with Crippen molar-refractivity contribution < 1.29 is 9.90 Å². The number of hydrogen-bond acceptors (Lipinski definition) is 3. The van der Waals surface area contributed by atoms with Crippen LogP contribution >= 0.6 is 0 Å². The number of aromatic hydroxyl groups is 1.